The normalized spacial score (nSPS) is 24.0. The molecule has 26 heavy (non-hydrogen) atoms. The number of carbonyl (C=O) groups excluding carboxylic acids is 1. The Morgan fingerprint density at radius 2 is 1.85 bits per heavy atom. The molecule has 0 bridgehead atoms. The number of hydrogen-bond donors (Lipinski definition) is 1. The van der Waals surface area contributed by atoms with Gasteiger partial charge in [0.05, 0.1) is 33.4 Å². The number of aliphatic imine (C=N–C) groups is 1. The van der Waals surface area contributed by atoms with E-state index in [0.29, 0.717) is 16.5 Å². The summed E-state index contributed by atoms with van der Waals surface area (Å²) in [7, 11) is 0. The highest BCUT2D eigenvalue weighted by Crippen LogP contribution is 2.46. The van der Waals surface area contributed by atoms with Crippen molar-refractivity contribution in [2.75, 3.05) is 5.32 Å². The molecule has 0 spiro atoms. The standard InChI is InChI=1S/C21H20Cl2N2O/c1-21(2)10-16-18(17(26)11-21)20(12-6-5-7-13(22)19(12)23)25-15-9-4-3-8-14(15)24-16/h3-9,18,20,25H,10-11H2,1-2H3. The molecule has 1 N–H and O–H groups in total. The molecule has 1 fully saturated rings. The second kappa shape index (κ2) is 6.40. The van der Waals surface area contributed by atoms with Crippen molar-refractivity contribution in [3.05, 3.63) is 58.1 Å². The first kappa shape index (κ1) is 17.6. The molecule has 0 saturated heterocycles. The largest absolute Gasteiger partial charge is 0.375 e. The number of nitrogens with one attached hydrogen (secondary N) is 1. The van der Waals surface area contributed by atoms with Crippen LogP contribution in [0.3, 0.4) is 0 Å². The number of hydrogen-bond acceptors (Lipinski definition) is 3. The van der Waals surface area contributed by atoms with Crippen LogP contribution in [0.15, 0.2) is 47.5 Å². The average molecular weight is 387 g/mol. The van der Waals surface area contributed by atoms with E-state index in [-0.39, 0.29) is 23.2 Å². The lowest BCUT2D eigenvalue weighted by atomic mass is 9.68. The van der Waals surface area contributed by atoms with E-state index < -0.39 is 0 Å². The van der Waals surface area contributed by atoms with Crippen LogP contribution in [0.4, 0.5) is 11.4 Å². The maximum Gasteiger partial charge on any atom is 0.144 e. The summed E-state index contributed by atoms with van der Waals surface area (Å²) >= 11 is 12.8. The number of para-hydroxylation sites is 2. The molecule has 2 aromatic carbocycles. The minimum Gasteiger partial charge on any atom is -0.375 e. The second-order valence-electron chi connectivity index (χ2n) is 7.85. The van der Waals surface area contributed by atoms with Crippen LogP contribution in [0.2, 0.25) is 10.0 Å². The predicted molar refractivity (Wildman–Crippen MR) is 108 cm³/mol. The topological polar surface area (TPSA) is 41.5 Å². The van der Waals surface area contributed by atoms with Crippen molar-refractivity contribution in [2.45, 2.75) is 32.7 Å². The molecule has 134 valence electrons. The fourth-order valence-electron chi connectivity index (χ4n) is 4.03. The maximum absolute atomic E-state index is 13.1. The second-order valence-corrected chi connectivity index (χ2v) is 8.63. The highest BCUT2D eigenvalue weighted by molar-refractivity contribution is 6.42. The third kappa shape index (κ3) is 3.04. The van der Waals surface area contributed by atoms with Crippen molar-refractivity contribution in [2.24, 2.45) is 16.3 Å². The molecule has 0 amide bonds. The summed E-state index contributed by atoms with van der Waals surface area (Å²) in [4.78, 5) is 18.0. The molecule has 1 heterocycles. The minimum absolute atomic E-state index is 0.0889. The van der Waals surface area contributed by atoms with Gasteiger partial charge in [-0.15, -0.1) is 0 Å². The Morgan fingerprint density at radius 1 is 1.08 bits per heavy atom. The molecule has 0 radical (unpaired) electrons. The highest BCUT2D eigenvalue weighted by Gasteiger charge is 2.44. The molecule has 2 atom stereocenters. The van der Waals surface area contributed by atoms with E-state index >= 15 is 0 Å². The lowest BCUT2D eigenvalue weighted by molar-refractivity contribution is -0.124. The van der Waals surface area contributed by atoms with Crippen LogP contribution in [0.5, 0.6) is 0 Å². The van der Waals surface area contributed by atoms with Gasteiger partial charge in [-0.05, 0) is 35.6 Å². The predicted octanol–water partition coefficient (Wildman–Crippen LogP) is 6.24. The smallest absolute Gasteiger partial charge is 0.144 e. The summed E-state index contributed by atoms with van der Waals surface area (Å²) in [5.74, 6) is -0.146. The summed E-state index contributed by atoms with van der Waals surface area (Å²) in [5, 5.41) is 4.50. The van der Waals surface area contributed by atoms with Crippen LogP contribution in [-0.4, -0.2) is 11.5 Å². The van der Waals surface area contributed by atoms with Crippen molar-refractivity contribution >= 4 is 46.1 Å². The number of anilines is 1. The molecule has 2 aromatic rings. The quantitative estimate of drug-likeness (QED) is 0.630. The molecule has 2 unspecified atom stereocenters. The van der Waals surface area contributed by atoms with E-state index in [1.54, 1.807) is 6.07 Å². The zero-order valence-electron chi connectivity index (χ0n) is 14.7. The molecule has 3 nitrogen and oxygen atoms in total. The summed E-state index contributed by atoms with van der Waals surface area (Å²) in [6.07, 6.45) is 1.32. The van der Waals surface area contributed by atoms with Gasteiger partial charge < -0.3 is 5.32 Å². The summed E-state index contributed by atoms with van der Waals surface area (Å²) < 4.78 is 0. The van der Waals surface area contributed by atoms with E-state index in [1.807, 2.05) is 36.4 Å². The number of rotatable bonds is 1. The number of halogens is 2. The number of carbonyl (C=O) groups is 1. The van der Waals surface area contributed by atoms with Crippen LogP contribution in [0.25, 0.3) is 0 Å². The van der Waals surface area contributed by atoms with Gasteiger partial charge in [0.15, 0.2) is 0 Å². The van der Waals surface area contributed by atoms with Gasteiger partial charge in [-0.2, -0.15) is 0 Å². The Morgan fingerprint density at radius 3 is 2.65 bits per heavy atom. The molecular formula is C21H20Cl2N2O. The van der Waals surface area contributed by atoms with Crippen LogP contribution in [0.1, 0.15) is 38.3 Å². The SMILES string of the molecule is CC1(C)CC(=O)C2C(=Nc3ccccc3NC2c2cccc(Cl)c2Cl)C1. The lowest BCUT2D eigenvalue weighted by Gasteiger charge is -2.37. The first-order chi connectivity index (χ1) is 12.4. The fourth-order valence-corrected chi connectivity index (χ4v) is 4.46. The van der Waals surface area contributed by atoms with E-state index in [4.69, 9.17) is 28.2 Å². The Balaban J connectivity index is 1.90. The molecular weight excluding hydrogens is 367 g/mol. The Labute approximate surface area is 163 Å². The molecule has 1 aliphatic heterocycles. The lowest BCUT2D eigenvalue weighted by Crippen LogP contribution is -2.42. The van der Waals surface area contributed by atoms with Crippen LogP contribution in [0, 0.1) is 11.3 Å². The molecule has 1 saturated carbocycles. The van der Waals surface area contributed by atoms with Crippen molar-refractivity contribution in [3.8, 4) is 0 Å². The highest BCUT2D eigenvalue weighted by atomic mass is 35.5. The van der Waals surface area contributed by atoms with Gasteiger partial charge in [0, 0.05) is 12.1 Å². The van der Waals surface area contributed by atoms with E-state index in [0.717, 1.165) is 29.1 Å². The third-order valence-corrected chi connectivity index (χ3v) is 5.98. The van der Waals surface area contributed by atoms with Crippen molar-refractivity contribution < 1.29 is 4.79 Å². The van der Waals surface area contributed by atoms with Crippen LogP contribution >= 0.6 is 23.2 Å². The van der Waals surface area contributed by atoms with Gasteiger partial charge in [-0.1, -0.05) is 61.3 Å². The van der Waals surface area contributed by atoms with Gasteiger partial charge in [-0.25, -0.2) is 0 Å². The Hall–Kier alpha value is -1.84. The minimum atomic E-state index is -0.341. The van der Waals surface area contributed by atoms with Crippen molar-refractivity contribution in [1.29, 1.82) is 0 Å². The van der Waals surface area contributed by atoms with Gasteiger partial charge >= 0.3 is 0 Å². The molecule has 1 aliphatic carbocycles. The van der Waals surface area contributed by atoms with Crippen molar-refractivity contribution in [1.82, 2.24) is 0 Å². The van der Waals surface area contributed by atoms with E-state index in [9.17, 15) is 4.79 Å². The summed E-state index contributed by atoms with van der Waals surface area (Å²) in [5.41, 5.74) is 3.43. The third-order valence-electron chi connectivity index (χ3n) is 5.15. The Kier molecular flexibility index (Phi) is 4.32. The fraction of sp³-hybridized carbons (Fsp3) is 0.333. The summed E-state index contributed by atoms with van der Waals surface area (Å²) in [6, 6.07) is 13.2. The Bertz CT molecular complexity index is 920. The van der Waals surface area contributed by atoms with Gasteiger partial charge in [0.25, 0.3) is 0 Å². The van der Waals surface area contributed by atoms with E-state index in [2.05, 4.69) is 19.2 Å². The number of Topliss-reactive ketones (excluding diaryl/α,β-unsaturated/α-hetero) is 1. The number of nitrogens with zero attached hydrogens (tertiary/aromatic N) is 1. The van der Waals surface area contributed by atoms with Crippen LogP contribution < -0.4 is 5.32 Å². The summed E-state index contributed by atoms with van der Waals surface area (Å²) in [6.45, 7) is 4.24. The van der Waals surface area contributed by atoms with Crippen molar-refractivity contribution in [3.63, 3.8) is 0 Å². The zero-order chi connectivity index (χ0) is 18.5. The molecule has 5 heteroatoms. The monoisotopic (exact) mass is 386 g/mol. The van der Waals surface area contributed by atoms with Crippen LogP contribution in [-0.2, 0) is 4.79 Å². The molecule has 2 aliphatic rings. The first-order valence-electron chi connectivity index (χ1n) is 8.75. The molecule has 0 aromatic heterocycles. The van der Waals surface area contributed by atoms with E-state index in [1.165, 1.54) is 0 Å². The first-order valence-corrected chi connectivity index (χ1v) is 9.51. The number of fused-ring (bicyclic) bond motifs is 2. The average Bonchev–Trinajstić information content (AvgIpc) is 2.72. The van der Waals surface area contributed by atoms with Gasteiger partial charge in [0.1, 0.15) is 5.78 Å². The van der Waals surface area contributed by atoms with Gasteiger partial charge in [0.2, 0.25) is 0 Å². The molecule has 4 rings (SSSR count). The van der Waals surface area contributed by atoms with Gasteiger partial charge in [-0.3, -0.25) is 9.79 Å². The number of ketones is 1. The zero-order valence-corrected chi connectivity index (χ0v) is 16.2. The number of benzene rings is 2. The maximum atomic E-state index is 13.1.